The average molecular weight is 558 g/mol. The fourth-order valence-corrected chi connectivity index (χ4v) is 6.06. The number of fused-ring (bicyclic) bond motifs is 1. The van der Waals surface area contributed by atoms with Gasteiger partial charge in [-0.1, -0.05) is 44.4 Å². The van der Waals surface area contributed by atoms with Crippen molar-refractivity contribution in [2.75, 3.05) is 22.8 Å². The first-order valence-corrected chi connectivity index (χ1v) is 14.1. The molecular formula is C27H29BrN2O4S. The number of nitrogens with zero attached hydrogens (tertiary/aromatic N) is 1. The van der Waals surface area contributed by atoms with Crippen molar-refractivity contribution < 1.29 is 17.9 Å². The molecule has 0 unspecified atom stereocenters. The quantitative estimate of drug-likeness (QED) is 0.292. The number of carbonyl (C=O) groups excluding carboxylic acids is 1. The fraction of sp³-hybridized carbons (Fsp3) is 0.296. The van der Waals surface area contributed by atoms with Crippen LogP contribution in [-0.4, -0.2) is 27.5 Å². The van der Waals surface area contributed by atoms with E-state index in [0.29, 0.717) is 41.0 Å². The predicted octanol–water partition coefficient (Wildman–Crippen LogP) is 6.41. The van der Waals surface area contributed by atoms with Crippen molar-refractivity contribution in [2.45, 2.75) is 43.9 Å². The lowest BCUT2D eigenvalue weighted by atomic mass is 10.2. The van der Waals surface area contributed by atoms with Crippen molar-refractivity contribution in [3.05, 3.63) is 82.3 Å². The van der Waals surface area contributed by atoms with E-state index in [-0.39, 0.29) is 10.8 Å². The average Bonchev–Trinajstić information content (AvgIpc) is 3.30. The zero-order valence-corrected chi connectivity index (χ0v) is 22.1. The molecule has 4 rings (SSSR count). The van der Waals surface area contributed by atoms with E-state index < -0.39 is 10.0 Å². The Labute approximate surface area is 215 Å². The smallest absolute Gasteiger partial charge is 0.264 e. The van der Waals surface area contributed by atoms with Crippen molar-refractivity contribution in [3.63, 3.8) is 0 Å². The van der Waals surface area contributed by atoms with Gasteiger partial charge in [0.2, 0.25) is 0 Å². The number of carbonyl (C=O) groups is 1. The van der Waals surface area contributed by atoms with E-state index in [1.807, 2.05) is 24.3 Å². The predicted molar refractivity (Wildman–Crippen MR) is 143 cm³/mol. The standard InChI is InChI=1S/C27H29BrN2O4S/c1-2-3-4-7-18-34-26-15-10-21(19-24(26)28)27(31)29-22-11-13-23(14-12-22)35(32,33)30-17-16-20-8-5-6-9-25(20)30/h5-6,8-15,19H,2-4,7,16-18H2,1H3,(H,29,31). The molecule has 35 heavy (non-hydrogen) atoms. The number of unbranched alkanes of at least 4 members (excludes halogenated alkanes) is 3. The number of benzene rings is 3. The maximum Gasteiger partial charge on any atom is 0.264 e. The molecule has 0 bridgehead atoms. The van der Waals surface area contributed by atoms with Crippen LogP contribution in [0.2, 0.25) is 0 Å². The van der Waals surface area contributed by atoms with E-state index in [9.17, 15) is 13.2 Å². The summed E-state index contributed by atoms with van der Waals surface area (Å²) in [6.07, 6.45) is 5.21. The molecule has 0 atom stereocenters. The molecule has 0 aliphatic carbocycles. The van der Waals surface area contributed by atoms with Crippen LogP contribution < -0.4 is 14.4 Å². The summed E-state index contributed by atoms with van der Waals surface area (Å²) < 4.78 is 34.3. The van der Waals surface area contributed by atoms with Crippen LogP contribution in [-0.2, 0) is 16.4 Å². The normalized spacial score (nSPS) is 12.9. The summed E-state index contributed by atoms with van der Waals surface area (Å²) >= 11 is 3.48. The van der Waals surface area contributed by atoms with E-state index in [4.69, 9.17) is 4.74 Å². The minimum Gasteiger partial charge on any atom is -0.492 e. The highest BCUT2D eigenvalue weighted by atomic mass is 79.9. The maximum absolute atomic E-state index is 13.2. The van der Waals surface area contributed by atoms with Gasteiger partial charge in [-0.2, -0.15) is 0 Å². The molecule has 3 aromatic carbocycles. The Kier molecular flexibility index (Phi) is 8.13. The third kappa shape index (κ3) is 5.87. The SMILES string of the molecule is CCCCCCOc1ccc(C(=O)Nc2ccc(S(=O)(=O)N3CCc4ccccc43)cc2)cc1Br. The van der Waals surface area contributed by atoms with Gasteiger partial charge < -0.3 is 10.1 Å². The number of hydrogen-bond acceptors (Lipinski definition) is 4. The Morgan fingerprint density at radius 3 is 2.54 bits per heavy atom. The van der Waals surface area contributed by atoms with Crippen LogP contribution in [0.4, 0.5) is 11.4 Å². The van der Waals surface area contributed by atoms with E-state index in [0.717, 1.165) is 24.1 Å². The molecule has 0 fully saturated rings. The van der Waals surface area contributed by atoms with Gasteiger partial charge in [0.15, 0.2) is 0 Å². The Morgan fingerprint density at radius 1 is 1.03 bits per heavy atom. The van der Waals surface area contributed by atoms with E-state index in [2.05, 4.69) is 28.2 Å². The Bertz CT molecular complexity index is 1290. The first-order chi connectivity index (χ1) is 16.9. The molecule has 0 radical (unpaired) electrons. The summed E-state index contributed by atoms with van der Waals surface area (Å²) in [6, 6.07) is 19.0. The molecule has 0 saturated heterocycles. The number of para-hydroxylation sites is 1. The first kappa shape index (κ1) is 25.3. The van der Waals surface area contributed by atoms with Crippen molar-refractivity contribution in [2.24, 2.45) is 0 Å². The Morgan fingerprint density at radius 2 is 1.80 bits per heavy atom. The highest BCUT2D eigenvalue weighted by Crippen LogP contribution is 2.33. The van der Waals surface area contributed by atoms with Crippen LogP contribution in [0.1, 0.15) is 48.5 Å². The Balaban J connectivity index is 1.39. The zero-order valence-electron chi connectivity index (χ0n) is 19.7. The molecule has 6 nitrogen and oxygen atoms in total. The second-order valence-corrected chi connectivity index (χ2v) is 11.2. The lowest BCUT2D eigenvalue weighted by Crippen LogP contribution is -2.29. The summed E-state index contributed by atoms with van der Waals surface area (Å²) in [5.74, 6) is 0.417. The molecular weight excluding hydrogens is 528 g/mol. The Hall–Kier alpha value is -2.84. The van der Waals surface area contributed by atoms with Crippen LogP contribution >= 0.6 is 15.9 Å². The van der Waals surface area contributed by atoms with Gasteiger partial charge >= 0.3 is 0 Å². The van der Waals surface area contributed by atoms with Crippen molar-refractivity contribution in [1.29, 1.82) is 0 Å². The van der Waals surface area contributed by atoms with Gasteiger partial charge in [-0.3, -0.25) is 9.10 Å². The van der Waals surface area contributed by atoms with Crippen LogP contribution in [0.5, 0.6) is 5.75 Å². The number of halogens is 1. The summed E-state index contributed by atoms with van der Waals surface area (Å²) in [6.45, 7) is 3.24. The summed E-state index contributed by atoms with van der Waals surface area (Å²) in [7, 11) is -3.67. The number of amides is 1. The molecule has 1 N–H and O–H groups in total. The third-order valence-corrected chi connectivity index (χ3v) is 8.44. The van der Waals surface area contributed by atoms with E-state index >= 15 is 0 Å². The molecule has 0 aromatic heterocycles. The molecule has 1 aliphatic heterocycles. The molecule has 0 spiro atoms. The zero-order chi connectivity index (χ0) is 24.8. The van der Waals surface area contributed by atoms with Crippen molar-refractivity contribution in [3.8, 4) is 5.75 Å². The monoisotopic (exact) mass is 556 g/mol. The number of anilines is 2. The van der Waals surface area contributed by atoms with Gasteiger partial charge in [-0.15, -0.1) is 0 Å². The second-order valence-electron chi connectivity index (χ2n) is 8.49. The maximum atomic E-state index is 13.2. The fourth-order valence-electron chi connectivity index (χ4n) is 4.07. The number of sulfonamides is 1. The lowest BCUT2D eigenvalue weighted by Gasteiger charge is -2.19. The molecule has 1 aliphatic rings. The molecule has 184 valence electrons. The summed E-state index contributed by atoms with van der Waals surface area (Å²) in [4.78, 5) is 12.9. The first-order valence-electron chi connectivity index (χ1n) is 11.8. The van der Waals surface area contributed by atoms with Gasteiger partial charge in [0, 0.05) is 17.8 Å². The molecule has 1 amide bonds. The molecule has 3 aromatic rings. The highest BCUT2D eigenvalue weighted by Gasteiger charge is 2.30. The van der Waals surface area contributed by atoms with Crippen molar-refractivity contribution >= 4 is 43.2 Å². The highest BCUT2D eigenvalue weighted by molar-refractivity contribution is 9.10. The van der Waals surface area contributed by atoms with Crippen LogP contribution in [0.25, 0.3) is 0 Å². The molecule has 0 saturated carbocycles. The largest absolute Gasteiger partial charge is 0.492 e. The van der Waals surface area contributed by atoms with E-state index in [1.165, 1.54) is 29.3 Å². The van der Waals surface area contributed by atoms with Crippen molar-refractivity contribution in [1.82, 2.24) is 0 Å². The van der Waals surface area contributed by atoms with Gasteiger partial charge in [-0.05, 0) is 82.9 Å². The van der Waals surface area contributed by atoms with Gasteiger partial charge in [0.05, 0.1) is 21.7 Å². The van der Waals surface area contributed by atoms with Gasteiger partial charge in [0.25, 0.3) is 15.9 Å². The minimum atomic E-state index is -3.67. The van der Waals surface area contributed by atoms with Gasteiger partial charge in [-0.25, -0.2) is 8.42 Å². The molecule has 8 heteroatoms. The van der Waals surface area contributed by atoms with Gasteiger partial charge in [0.1, 0.15) is 5.75 Å². The van der Waals surface area contributed by atoms with Crippen LogP contribution in [0, 0.1) is 0 Å². The second kappa shape index (κ2) is 11.3. The number of rotatable bonds is 10. The third-order valence-electron chi connectivity index (χ3n) is 5.99. The minimum absolute atomic E-state index is 0.190. The lowest BCUT2D eigenvalue weighted by molar-refractivity contribution is 0.102. The number of nitrogens with one attached hydrogen (secondary N) is 1. The van der Waals surface area contributed by atoms with Crippen LogP contribution in [0.3, 0.4) is 0 Å². The summed E-state index contributed by atoms with van der Waals surface area (Å²) in [5.41, 5.74) is 2.74. The summed E-state index contributed by atoms with van der Waals surface area (Å²) in [5, 5.41) is 2.83. The number of hydrogen-bond donors (Lipinski definition) is 1. The van der Waals surface area contributed by atoms with E-state index in [1.54, 1.807) is 30.3 Å². The van der Waals surface area contributed by atoms with Crippen LogP contribution in [0.15, 0.2) is 76.1 Å². The number of ether oxygens (including phenoxy) is 1. The molecule has 1 heterocycles. The topological polar surface area (TPSA) is 75.7 Å².